The molecule has 0 aliphatic carbocycles. The van der Waals surface area contributed by atoms with Crippen molar-refractivity contribution in [1.29, 1.82) is 0 Å². The molecule has 0 saturated carbocycles. The summed E-state index contributed by atoms with van der Waals surface area (Å²) < 4.78 is 27.4. The van der Waals surface area contributed by atoms with Gasteiger partial charge in [0.25, 0.3) is 0 Å². The second-order valence-electron chi connectivity index (χ2n) is 9.25. The smallest absolute Gasteiger partial charge is 0.244 e. The molecule has 10 heteroatoms. The third-order valence-electron chi connectivity index (χ3n) is 6.12. The molecule has 0 heterocycles. The number of sulfonamides is 1. The van der Waals surface area contributed by atoms with E-state index in [1.165, 1.54) is 11.0 Å². The maximum absolute atomic E-state index is 14.0. The first-order chi connectivity index (χ1) is 18.6. The van der Waals surface area contributed by atoms with Gasteiger partial charge in [-0.1, -0.05) is 89.4 Å². The third kappa shape index (κ3) is 9.37. The van der Waals surface area contributed by atoms with Crippen LogP contribution >= 0.6 is 27.5 Å². The fourth-order valence-corrected chi connectivity index (χ4v) is 5.61. The maximum atomic E-state index is 14.0. The van der Waals surface area contributed by atoms with E-state index < -0.39 is 28.5 Å². The Morgan fingerprint density at radius 2 is 1.67 bits per heavy atom. The van der Waals surface area contributed by atoms with Crippen LogP contribution < -0.4 is 9.62 Å². The summed E-state index contributed by atoms with van der Waals surface area (Å²) in [4.78, 5) is 29.0. The number of carbonyl (C=O) groups excluding carboxylic acids is 2. The van der Waals surface area contributed by atoms with Gasteiger partial charge in [0, 0.05) is 29.0 Å². The van der Waals surface area contributed by atoms with Gasteiger partial charge >= 0.3 is 0 Å². The molecule has 0 radical (unpaired) electrons. The average Bonchev–Trinajstić information content (AvgIpc) is 2.89. The molecule has 0 aromatic heterocycles. The predicted octanol–water partition coefficient (Wildman–Crippen LogP) is 5.42. The molecule has 1 atom stereocenters. The molecule has 7 nitrogen and oxygen atoms in total. The topological polar surface area (TPSA) is 86.8 Å². The third-order valence-corrected chi connectivity index (χ3v) is 7.99. The highest BCUT2D eigenvalue weighted by Crippen LogP contribution is 2.23. The number of hydrogen-bond acceptors (Lipinski definition) is 4. The van der Waals surface area contributed by atoms with Crippen LogP contribution in [-0.4, -0.2) is 50.5 Å². The quantitative estimate of drug-likeness (QED) is 0.254. The Morgan fingerprint density at radius 1 is 0.974 bits per heavy atom. The van der Waals surface area contributed by atoms with Gasteiger partial charge < -0.3 is 10.2 Å². The molecule has 1 unspecified atom stereocenters. The minimum Gasteiger partial charge on any atom is -0.354 e. The van der Waals surface area contributed by atoms with Crippen molar-refractivity contribution in [3.63, 3.8) is 0 Å². The number of unbranched alkanes of at least 4 members (excludes halogenated alkanes) is 1. The average molecular weight is 635 g/mol. The van der Waals surface area contributed by atoms with Crippen LogP contribution in [-0.2, 0) is 32.6 Å². The molecule has 0 aliphatic heterocycles. The summed E-state index contributed by atoms with van der Waals surface area (Å²) in [6, 6.07) is 22.4. The number of rotatable bonds is 13. The Hall–Kier alpha value is -2.88. The summed E-state index contributed by atoms with van der Waals surface area (Å²) in [7, 11) is -3.85. The van der Waals surface area contributed by atoms with Gasteiger partial charge in [0.05, 0.1) is 11.9 Å². The van der Waals surface area contributed by atoms with E-state index in [0.717, 1.165) is 39.0 Å². The Balaban J connectivity index is 2.03. The predicted molar refractivity (Wildman–Crippen MR) is 160 cm³/mol. The number of amides is 2. The highest BCUT2D eigenvalue weighted by Gasteiger charge is 2.33. The second kappa shape index (κ2) is 14.5. The van der Waals surface area contributed by atoms with Crippen LogP contribution in [0.15, 0.2) is 83.3 Å². The van der Waals surface area contributed by atoms with Gasteiger partial charge in [-0.25, -0.2) is 8.42 Å². The van der Waals surface area contributed by atoms with E-state index in [2.05, 4.69) is 21.2 Å². The molecule has 0 aliphatic rings. The van der Waals surface area contributed by atoms with E-state index in [1.54, 1.807) is 18.2 Å². The molecule has 3 aromatic carbocycles. The van der Waals surface area contributed by atoms with Gasteiger partial charge in [0.2, 0.25) is 21.8 Å². The SMILES string of the molecule is CCCCNC(=O)C(Cc1ccccc1)N(Cc1cccc(Br)c1)C(=O)CN(c1cccc(Cl)c1)S(C)(=O)=O. The van der Waals surface area contributed by atoms with Crippen molar-refractivity contribution in [1.82, 2.24) is 10.2 Å². The summed E-state index contributed by atoms with van der Waals surface area (Å²) in [5.74, 6) is -0.795. The van der Waals surface area contributed by atoms with Crippen molar-refractivity contribution in [3.8, 4) is 0 Å². The van der Waals surface area contributed by atoms with Crippen molar-refractivity contribution in [3.05, 3.63) is 99.5 Å². The summed E-state index contributed by atoms with van der Waals surface area (Å²) in [6.07, 6.45) is 3.03. The molecule has 0 spiro atoms. The monoisotopic (exact) mass is 633 g/mol. The highest BCUT2D eigenvalue weighted by molar-refractivity contribution is 9.10. The minimum atomic E-state index is -3.85. The van der Waals surface area contributed by atoms with Crippen LogP contribution in [0.3, 0.4) is 0 Å². The zero-order chi connectivity index (χ0) is 28.4. The van der Waals surface area contributed by atoms with E-state index in [1.807, 2.05) is 61.5 Å². The Labute approximate surface area is 244 Å². The van der Waals surface area contributed by atoms with E-state index in [9.17, 15) is 18.0 Å². The van der Waals surface area contributed by atoms with Gasteiger partial charge in [-0.05, 0) is 47.9 Å². The minimum absolute atomic E-state index is 0.115. The summed E-state index contributed by atoms with van der Waals surface area (Å²) >= 11 is 9.60. The first-order valence-corrected chi connectivity index (χ1v) is 15.7. The summed E-state index contributed by atoms with van der Waals surface area (Å²) in [6.45, 7) is 2.15. The Kier molecular flexibility index (Phi) is 11.4. The molecular weight excluding hydrogens is 602 g/mol. The lowest BCUT2D eigenvalue weighted by Gasteiger charge is -2.33. The van der Waals surface area contributed by atoms with Crippen LogP contribution in [0.1, 0.15) is 30.9 Å². The molecular formula is C29H33BrClN3O4S. The van der Waals surface area contributed by atoms with Crippen LogP contribution in [0.4, 0.5) is 5.69 Å². The normalized spacial score (nSPS) is 12.0. The van der Waals surface area contributed by atoms with Gasteiger partial charge in [-0.3, -0.25) is 13.9 Å². The highest BCUT2D eigenvalue weighted by atomic mass is 79.9. The van der Waals surface area contributed by atoms with Crippen LogP contribution in [0.2, 0.25) is 5.02 Å². The lowest BCUT2D eigenvalue weighted by molar-refractivity contribution is -0.140. The molecule has 0 fully saturated rings. The van der Waals surface area contributed by atoms with Gasteiger partial charge in [0.1, 0.15) is 12.6 Å². The van der Waals surface area contributed by atoms with Crippen molar-refractivity contribution >= 4 is 55.1 Å². The first kappa shape index (κ1) is 30.7. The van der Waals surface area contributed by atoms with Crippen molar-refractivity contribution in [2.75, 3.05) is 23.7 Å². The molecule has 39 heavy (non-hydrogen) atoms. The molecule has 208 valence electrons. The van der Waals surface area contributed by atoms with Crippen LogP contribution in [0.5, 0.6) is 0 Å². The maximum Gasteiger partial charge on any atom is 0.244 e. The molecule has 3 rings (SSSR count). The summed E-state index contributed by atoms with van der Waals surface area (Å²) in [5.41, 5.74) is 1.95. The van der Waals surface area contributed by atoms with Gasteiger partial charge in [-0.15, -0.1) is 0 Å². The molecule has 0 bridgehead atoms. The van der Waals surface area contributed by atoms with Crippen LogP contribution in [0.25, 0.3) is 0 Å². The number of carbonyl (C=O) groups is 2. The largest absolute Gasteiger partial charge is 0.354 e. The zero-order valence-electron chi connectivity index (χ0n) is 22.0. The lowest BCUT2D eigenvalue weighted by atomic mass is 10.0. The number of nitrogens with zero attached hydrogens (tertiary/aromatic N) is 2. The summed E-state index contributed by atoms with van der Waals surface area (Å²) in [5, 5.41) is 3.31. The van der Waals surface area contributed by atoms with Crippen molar-refractivity contribution in [2.24, 2.45) is 0 Å². The number of halogens is 2. The van der Waals surface area contributed by atoms with Gasteiger partial charge in [0.15, 0.2) is 0 Å². The fraction of sp³-hybridized carbons (Fsp3) is 0.310. The Morgan fingerprint density at radius 3 is 2.31 bits per heavy atom. The molecule has 3 aromatic rings. The van der Waals surface area contributed by atoms with Gasteiger partial charge in [-0.2, -0.15) is 0 Å². The number of anilines is 1. The molecule has 1 N–H and O–H groups in total. The first-order valence-electron chi connectivity index (χ1n) is 12.7. The van der Waals surface area contributed by atoms with Crippen molar-refractivity contribution < 1.29 is 18.0 Å². The van der Waals surface area contributed by atoms with E-state index in [0.29, 0.717) is 11.6 Å². The van der Waals surface area contributed by atoms with E-state index >= 15 is 0 Å². The second-order valence-corrected chi connectivity index (χ2v) is 12.5. The lowest BCUT2D eigenvalue weighted by Crippen LogP contribution is -2.53. The van der Waals surface area contributed by atoms with Crippen LogP contribution in [0, 0.1) is 0 Å². The van der Waals surface area contributed by atoms with E-state index in [-0.39, 0.29) is 24.6 Å². The molecule has 0 saturated heterocycles. The van der Waals surface area contributed by atoms with Crippen molar-refractivity contribution in [2.45, 2.75) is 38.8 Å². The zero-order valence-corrected chi connectivity index (χ0v) is 25.2. The molecule has 2 amide bonds. The number of nitrogens with one attached hydrogen (secondary N) is 1. The number of benzene rings is 3. The van der Waals surface area contributed by atoms with E-state index in [4.69, 9.17) is 11.6 Å². The Bertz CT molecular complexity index is 1370. The number of hydrogen-bond donors (Lipinski definition) is 1. The fourth-order valence-electron chi connectivity index (χ4n) is 4.14. The standard InChI is InChI=1S/C29H33BrClN3O4S/c1-3-4-16-32-29(36)27(18-22-10-6-5-7-11-22)33(20-23-12-8-13-24(30)17-23)28(35)21-34(39(2,37)38)26-15-9-14-25(31)19-26/h5-15,17,19,27H,3-4,16,18,20-21H2,1-2H3,(H,32,36).